The molecule has 0 radical (unpaired) electrons. The Balaban J connectivity index is 1.82. The molecule has 2 N–H and O–H groups in total. The lowest BCUT2D eigenvalue weighted by Gasteiger charge is -2.35. The summed E-state index contributed by atoms with van der Waals surface area (Å²) in [5.74, 6) is 0.384. The van der Waals surface area contributed by atoms with Crippen LogP contribution in [0, 0.1) is 16.7 Å². The first-order valence-corrected chi connectivity index (χ1v) is 6.88. The van der Waals surface area contributed by atoms with E-state index in [4.69, 9.17) is 0 Å². The van der Waals surface area contributed by atoms with Crippen molar-refractivity contribution in [2.45, 2.75) is 52.4 Å². The molecule has 3 nitrogen and oxygen atoms in total. The van der Waals surface area contributed by atoms with Crippen LogP contribution in [0.25, 0.3) is 0 Å². The van der Waals surface area contributed by atoms with E-state index in [1.54, 1.807) is 0 Å². The fourth-order valence-corrected chi connectivity index (χ4v) is 3.01. The van der Waals surface area contributed by atoms with Crippen molar-refractivity contribution >= 4 is 5.91 Å². The summed E-state index contributed by atoms with van der Waals surface area (Å²) >= 11 is 0. The lowest BCUT2D eigenvalue weighted by atomic mass is 9.74. The molecule has 0 saturated heterocycles. The van der Waals surface area contributed by atoms with E-state index >= 15 is 0 Å². The molecule has 0 aromatic rings. The van der Waals surface area contributed by atoms with E-state index in [9.17, 15) is 9.90 Å². The highest BCUT2D eigenvalue weighted by Gasteiger charge is 2.50. The summed E-state index contributed by atoms with van der Waals surface area (Å²) in [6.07, 6.45) is 6.75. The highest BCUT2D eigenvalue weighted by Crippen LogP contribution is 2.51. The number of carbonyl (C=O) groups excluding carboxylic acids is 1. The van der Waals surface area contributed by atoms with E-state index in [1.807, 2.05) is 0 Å². The fourth-order valence-electron chi connectivity index (χ4n) is 3.01. The molecule has 2 saturated carbocycles. The largest absolute Gasteiger partial charge is 0.396 e. The standard InChI is InChI=1S/C14H25NO2/c1-13(2)8-11(13)12(17)15-9-14(10-16)6-4-3-5-7-14/h11,16H,3-10H2,1-2H3,(H,15,17). The predicted molar refractivity (Wildman–Crippen MR) is 67.5 cm³/mol. The highest BCUT2D eigenvalue weighted by atomic mass is 16.3. The fraction of sp³-hybridized carbons (Fsp3) is 0.929. The van der Waals surface area contributed by atoms with E-state index in [1.165, 1.54) is 19.3 Å². The molecule has 0 bridgehead atoms. The molecule has 2 aliphatic carbocycles. The van der Waals surface area contributed by atoms with Gasteiger partial charge in [-0.15, -0.1) is 0 Å². The molecule has 0 aliphatic heterocycles. The minimum absolute atomic E-state index is 0.0348. The van der Waals surface area contributed by atoms with Crippen LogP contribution in [0.5, 0.6) is 0 Å². The Labute approximate surface area is 104 Å². The van der Waals surface area contributed by atoms with Crippen LogP contribution in [-0.2, 0) is 4.79 Å². The van der Waals surface area contributed by atoms with Gasteiger partial charge in [-0.3, -0.25) is 4.79 Å². The van der Waals surface area contributed by atoms with Crippen LogP contribution in [0.2, 0.25) is 0 Å². The Morgan fingerprint density at radius 3 is 2.35 bits per heavy atom. The lowest BCUT2D eigenvalue weighted by molar-refractivity contribution is -0.123. The number of hydrogen-bond donors (Lipinski definition) is 2. The maximum atomic E-state index is 11.9. The van der Waals surface area contributed by atoms with Gasteiger partial charge in [-0.1, -0.05) is 33.1 Å². The van der Waals surface area contributed by atoms with E-state index in [-0.39, 0.29) is 29.3 Å². The van der Waals surface area contributed by atoms with E-state index in [0.717, 1.165) is 19.3 Å². The van der Waals surface area contributed by atoms with Crippen molar-refractivity contribution in [2.24, 2.45) is 16.7 Å². The summed E-state index contributed by atoms with van der Waals surface area (Å²) in [7, 11) is 0. The van der Waals surface area contributed by atoms with Gasteiger partial charge in [-0.2, -0.15) is 0 Å². The van der Waals surface area contributed by atoms with Gasteiger partial charge in [0.15, 0.2) is 0 Å². The number of rotatable bonds is 4. The van der Waals surface area contributed by atoms with E-state index < -0.39 is 0 Å². The maximum Gasteiger partial charge on any atom is 0.223 e. The second-order valence-electron chi connectivity index (χ2n) is 6.68. The molecule has 2 aliphatic rings. The third kappa shape index (κ3) is 2.82. The molecule has 2 fully saturated rings. The Bertz CT molecular complexity index is 293. The lowest BCUT2D eigenvalue weighted by Crippen LogP contribution is -2.42. The summed E-state index contributed by atoms with van der Waals surface area (Å²) in [5.41, 5.74) is 0.163. The quantitative estimate of drug-likeness (QED) is 0.789. The molecule has 0 heterocycles. The summed E-state index contributed by atoms with van der Waals surface area (Å²) < 4.78 is 0. The molecule has 0 aromatic heterocycles. The van der Waals surface area contributed by atoms with Gasteiger partial charge in [-0.05, 0) is 24.7 Å². The number of nitrogens with one attached hydrogen (secondary N) is 1. The van der Waals surface area contributed by atoms with Gasteiger partial charge in [0.2, 0.25) is 5.91 Å². The van der Waals surface area contributed by atoms with E-state index in [0.29, 0.717) is 6.54 Å². The topological polar surface area (TPSA) is 49.3 Å². The van der Waals surface area contributed by atoms with Crippen molar-refractivity contribution in [2.75, 3.05) is 13.2 Å². The first-order chi connectivity index (χ1) is 7.99. The number of carbonyl (C=O) groups is 1. The van der Waals surface area contributed by atoms with Crippen LogP contribution in [0.3, 0.4) is 0 Å². The molecule has 1 unspecified atom stereocenters. The molecule has 17 heavy (non-hydrogen) atoms. The second-order valence-corrected chi connectivity index (χ2v) is 6.68. The van der Waals surface area contributed by atoms with Crippen molar-refractivity contribution in [3.8, 4) is 0 Å². The van der Waals surface area contributed by atoms with Crippen molar-refractivity contribution in [1.29, 1.82) is 0 Å². The van der Waals surface area contributed by atoms with Crippen LogP contribution in [0.1, 0.15) is 52.4 Å². The van der Waals surface area contributed by atoms with Gasteiger partial charge in [0, 0.05) is 17.9 Å². The number of amides is 1. The summed E-state index contributed by atoms with van der Waals surface area (Å²) in [4.78, 5) is 11.9. The monoisotopic (exact) mass is 239 g/mol. The SMILES string of the molecule is CC1(C)CC1C(=O)NCC1(CO)CCCCC1. The van der Waals surface area contributed by atoms with Gasteiger partial charge in [0.05, 0.1) is 6.61 Å². The Morgan fingerprint density at radius 1 is 1.29 bits per heavy atom. The third-order valence-electron chi connectivity index (χ3n) is 4.72. The first-order valence-electron chi connectivity index (χ1n) is 6.88. The highest BCUT2D eigenvalue weighted by molar-refractivity contribution is 5.82. The average Bonchev–Trinajstić information content (AvgIpc) is 2.97. The van der Waals surface area contributed by atoms with Crippen molar-refractivity contribution in [3.63, 3.8) is 0 Å². The molecular weight excluding hydrogens is 214 g/mol. The Kier molecular flexibility index (Phi) is 3.48. The summed E-state index contributed by atoms with van der Waals surface area (Å²) in [5, 5.41) is 12.6. The van der Waals surface area contributed by atoms with Crippen molar-refractivity contribution < 1.29 is 9.90 Å². The van der Waals surface area contributed by atoms with Crippen LogP contribution < -0.4 is 5.32 Å². The van der Waals surface area contributed by atoms with Gasteiger partial charge >= 0.3 is 0 Å². The number of hydrogen-bond acceptors (Lipinski definition) is 2. The maximum absolute atomic E-state index is 11.9. The molecule has 2 rings (SSSR count). The molecule has 1 atom stereocenters. The van der Waals surface area contributed by atoms with Gasteiger partial charge in [0.25, 0.3) is 0 Å². The number of aliphatic hydroxyl groups excluding tert-OH is 1. The normalized spacial score (nSPS) is 29.7. The second kappa shape index (κ2) is 4.60. The molecule has 1 amide bonds. The van der Waals surface area contributed by atoms with Gasteiger partial charge in [-0.25, -0.2) is 0 Å². The van der Waals surface area contributed by atoms with Crippen LogP contribution in [0.15, 0.2) is 0 Å². The van der Waals surface area contributed by atoms with Crippen molar-refractivity contribution in [1.82, 2.24) is 5.32 Å². The third-order valence-corrected chi connectivity index (χ3v) is 4.72. The number of aliphatic hydroxyl groups is 1. The van der Waals surface area contributed by atoms with Crippen LogP contribution in [-0.4, -0.2) is 24.2 Å². The van der Waals surface area contributed by atoms with Gasteiger partial charge in [0.1, 0.15) is 0 Å². The predicted octanol–water partition coefficient (Wildman–Crippen LogP) is 2.09. The Hall–Kier alpha value is -0.570. The minimum atomic E-state index is -0.0348. The Morgan fingerprint density at radius 2 is 1.88 bits per heavy atom. The molecule has 0 aromatic carbocycles. The summed E-state index contributed by atoms with van der Waals surface area (Å²) in [6, 6.07) is 0. The minimum Gasteiger partial charge on any atom is -0.396 e. The molecule has 3 heteroatoms. The zero-order chi connectivity index (χ0) is 12.5. The molecule has 98 valence electrons. The van der Waals surface area contributed by atoms with E-state index in [2.05, 4.69) is 19.2 Å². The zero-order valence-electron chi connectivity index (χ0n) is 11.1. The smallest absolute Gasteiger partial charge is 0.223 e. The van der Waals surface area contributed by atoms with Crippen molar-refractivity contribution in [3.05, 3.63) is 0 Å². The van der Waals surface area contributed by atoms with Crippen LogP contribution in [0.4, 0.5) is 0 Å². The molecule has 0 spiro atoms. The summed E-state index contributed by atoms with van der Waals surface area (Å²) in [6.45, 7) is 5.15. The first kappa shape index (κ1) is 12.9. The van der Waals surface area contributed by atoms with Crippen LogP contribution >= 0.6 is 0 Å². The zero-order valence-corrected chi connectivity index (χ0v) is 11.1. The molecular formula is C14H25NO2. The van der Waals surface area contributed by atoms with Gasteiger partial charge < -0.3 is 10.4 Å². The average molecular weight is 239 g/mol.